The summed E-state index contributed by atoms with van der Waals surface area (Å²) in [4.78, 5) is 4.50. The lowest BCUT2D eigenvalue weighted by atomic mass is 10.1. The molecule has 0 aliphatic carbocycles. The number of ether oxygens (including phenoxy) is 1. The summed E-state index contributed by atoms with van der Waals surface area (Å²) in [5.74, 6) is 1.75. The molecule has 2 rings (SSSR count). The van der Waals surface area contributed by atoms with Gasteiger partial charge in [0.05, 0.1) is 12.4 Å². The van der Waals surface area contributed by atoms with E-state index >= 15 is 0 Å². The van der Waals surface area contributed by atoms with Crippen LogP contribution in [-0.4, -0.2) is 22.5 Å². The third-order valence-electron chi connectivity index (χ3n) is 2.92. The molecule has 0 saturated carbocycles. The first-order valence-electron chi connectivity index (χ1n) is 6.52. The fourth-order valence-electron chi connectivity index (χ4n) is 1.81. The number of benzene rings is 1. The molecule has 0 spiro atoms. The van der Waals surface area contributed by atoms with E-state index in [9.17, 15) is 0 Å². The van der Waals surface area contributed by atoms with E-state index in [0.29, 0.717) is 0 Å². The molecule has 108 valence electrons. The minimum Gasteiger partial charge on any atom is -0.497 e. The summed E-state index contributed by atoms with van der Waals surface area (Å²) in [5, 5.41) is 0.165. The molecular formula is C14H19N3OS2. The third-order valence-corrected chi connectivity index (χ3v) is 5.23. The van der Waals surface area contributed by atoms with Crippen LogP contribution in [0.4, 0.5) is 0 Å². The topological polar surface area (TPSA) is 61.0 Å². The molecule has 2 N–H and O–H groups in total. The van der Waals surface area contributed by atoms with E-state index in [1.165, 1.54) is 17.1 Å². The highest BCUT2D eigenvalue weighted by Gasteiger charge is 2.20. The Balaban J connectivity index is 2.17. The predicted molar refractivity (Wildman–Crippen MR) is 84.5 cm³/mol. The summed E-state index contributed by atoms with van der Waals surface area (Å²) in [6, 6.07) is 8.07. The molecule has 0 amide bonds. The lowest BCUT2D eigenvalue weighted by molar-refractivity contribution is 0.414. The van der Waals surface area contributed by atoms with Crippen molar-refractivity contribution in [3.05, 3.63) is 35.7 Å². The van der Waals surface area contributed by atoms with Gasteiger partial charge in [-0.3, -0.25) is 0 Å². The average Bonchev–Trinajstić information content (AvgIpc) is 2.92. The molecule has 6 heteroatoms. The zero-order valence-corrected chi connectivity index (χ0v) is 13.5. The van der Waals surface area contributed by atoms with Crippen LogP contribution < -0.4 is 10.5 Å². The van der Waals surface area contributed by atoms with Crippen LogP contribution in [0.3, 0.4) is 0 Å². The van der Waals surface area contributed by atoms with E-state index in [1.54, 1.807) is 18.9 Å². The van der Waals surface area contributed by atoms with Gasteiger partial charge >= 0.3 is 0 Å². The van der Waals surface area contributed by atoms with E-state index < -0.39 is 0 Å². The van der Waals surface area contributed by atoms with Gasteiger partial charge in [0.2, 0.25) is 0 Å². The smallest absolute Gasteiger partial charge is 0.170 e. The maximum Gasteiger partial charge on any atom is 0.170 e. The molecule has 1 aromatic carbocycles. The molecule has 0 aliphatic heterocycles. The van der Waals surface area contributed by atoms with Crippen molar-refractivity contribution in [2.24, 2.45) is 5.73 Å². The van der Waals surface area contributed by atoms with E-state index in [2.05, 4.69) is 28.4 Å². The minimum atomic E-state index is 0.0300. The van der Waals surface area contributed by atoms with Crippen LogP contribution in [-0.2, 0) is 6.42 Å². The number of aromatic nitrogens is 2. The van der Waals surface area contributed by atoms with Crippen molar-refractivity contribution < 1.29 is 4.74 Å². The number of hydrogen-bond acceptors (Lipinski definition) is 6. The van der Waals surface area contributed by atoms with Crippen molar-refractivity contribution in [3.8, 4) is 5.75 Å². The number of methoxy groups -OCH3 is 1. The Labute approximate surface area is 127 Å². The van der Waals surface area contributed by atoms with Gasteiger partial charge in [-0.15, -0.1) is 0 Å². The summed E-state index contributed by atoms with van der Waals surface area (Å²) in [6.45, 7) is 4.08. The second-order valence-corrected chi connectivity index (χ2v) is 6.64. The highest BCUT2D eigenvalue weighted by molar-refractivity contribution is 8.01. The van der Waals surface area contributed by atoms with Crippen LogP contribution in [0.25, 0.3) is 0 Å². The van der Waals surface area contributed by atoms with Gasteiger partial charge in [-0.1, -0.05) is 30.8 Å². The van der Waals surface area contributed by atoms with Gasteiger partial charge in [0.25, 0.3) is 0 Å². The maximum absolute atomic E-state index is 6.13. The number of nitrogens with zero attached hydrogens (tertiary/aromatic N) is 2. The Hall–Kier alpha value is -1.11. The molecule has 0 saturated heterocycles. The largest absolute Gasteiger partial charge is 0.497 e. The van der Waals surface area contributed by atoms with E-state index in [1.807, 2.05) is 19.1 Å². The van der Waals surface area contributed by atoms with Crippen LogP contribution in [0.15, 0.2) is 28.6 Å². The molecular weight excluding hydrogens is 290 g/mol. The fraction of sp³-hybridized carbons (Fsp3) is 0.429. The van der Waals surface area contributed by atoms with E-state index in [0.717, 1.165) is 22.3 Å². The highest BCUT2D eigenvalue weighted by Crippen LogP contribution is 2.38. The zero-order chi connectivity index (χ0) is 14.5. The molecule has 0 radical (unpaired) electrons. The SMILES string of the molecule is CCc1nsc(SC(c2ccc(OC)cc2)C(C)N)n1. The van der Waals surface area contributed by atoms with Gasteiger partial charge in [-0.05, 0) is 36.2 Å². The van der Waals surface area contributed by atoms with Gasteiger partial charge < -0.3 is 10.5 Å². The van der Waals surface area contributed by atoms with Gasteiger partial charge in [-0.25, -0.2) is 4.98 Å². The molecule has 2 aromatic rings. The lowest BCUT2D eigenvalue weighted by Gasteiger charge is -2.19. The van der Waals surface area contributed by atoms with Gasteiger partial charge in [-0.2, -0.15) is 4.37 Å². The lowest BCUT2D eigenvalue weighted by Crippen LogP contribution is -2.22. The molecule has 4 nitrogen and oxygen atoms in total. The van der Waals surface area contributed by atoms with Crippen LogP contribution in [0.2, 0.25) is 0 Å². The second kappa shape index (κ2) is 7.06. The standard InChI is InChI=1S/C14H19N3OS2/c1-4-12-16-14(20-17-12)19-13(9(2)15)10-5-7-11(18-3)8-6-10/h5-9,13H,4,15H2,1-3H3. The average molecular weight is 309 g/mol. The number of thioether (sulfide) groups is 1. The second-order valence-electron chi connectivity index (χ2n) is 4.50. The van der Waals surface area contributed by atoms with Crippen molar-refractivity contribution in [1.29, 1.82) is 0 Å². The number of nitrogens with two attached hydrogens (primary N) is 1. The third kappa shape index (κ3) is 3.71. The molecule has 0 bridgehead atoms. The molecule has 2 atom stereocenters. The van der Waals surface area contributed by atoms with Crippen LogP contribution >= 0.6 is 23.3 Å². The van der Waals surface area contributed by atoms with E-state index in [4.69, 9.17) is 10.5 Å². The van der Waals surface area contributed by atoms with Gasteiger partial charge in [0.15, 0.2) is 4.34 Å². The molecule has 20 heavy (non-hydrogen) atoms. The summed E-state index contributed by atoms with van der Waals surface area (Å²) >= 11 is 3.12. The Morgan fingerprint density at radius 1 is 1.35 bits per heavy atom. The van der Waals surface area contributed by atoms with Crippen LogP contribution in [0.1, 0.15) is 30.5 Å². The molecule has 1 heterocycles. The predicted octanol–water partition coefficient (Wildman–Crippen LogP) is 3.29. The fourth-order valence-corrected chi connectivity index (χ4v) is 3.79. The molecule has 2 unspecified atom stereocenters. The van der Waals surface area contributed by atoms with Crippen molar-refractivity contribution in [3.63, 3.8) is 0 Å². The van der Waals surface area contributed by atoms with Gasteiger partial charge in [0.1, 0.15) is 11.6 Å². The highest BCUT2D eigenvalue weighted by atomic mass is 32.2. The number of hydrogen-bond donors (Lipinski definition) is 1. The first kappa shape index (κ1) is 15.3. The quantitative estimate of drug-likeness (QED) is 0.830. The van der Waals surface area contributed by atoms with E-state index in [-0.39, 0.29) is 11.3 Å². The molecule has 1 aromatic heterocycles. The summed E-state index contributed by atoms with van der Waals surface area (Å²) in [6.07, 6.45) is 0.864. The molecule has 0 aliphatic rings. The summed E-state index contributed by atoms with van der Waals surface area (Å²) in [5.41, 5.74) is 7.31. The Morgan fingerprint density at radius 2 is 2.05 bits per heavy atom. The summed E-state index contributed by atoms with van der Waals surface area (Å²) in [7, 11) is 1.67. The monoisotopic (exact) mass is 309 g/mol. The number of rotatable bonds is 6. The molecule has 0 fully saturated rings. The summed E-state index contributed by atoms with van der Waals surface area (Å²) < 4.78 is 10.5. The van der Waals surface area contributed by atoms with Crippen molar-refractivity contribution in [2.75, 3.05) is 7.11 Å². The first-order valence-corrected chi connectivity index (χ1v) is 8.18. The zero-order valence-electron chi connectivity index (χ0n) is 11.9. The first-order chi connectivity index (χ1) is 9.63. The van der Waals surface area contributed by atoms with Gasteiger partial charge in [0, 0.05) is 12.5 Å². The Bertz CT molecular complexity index is 540. The maximum atomic E-state index is 6.13. The Morgan fingerprint density at radius 3 is 2.55 bits per heavy atom. The van der Waals surface area contributed by atoms with Crippen molar-refractivity contribution in [1.82, 2.24) is 9.36 Å². The van der Waals surface area contributed by atoms with Crippen molar-refractivity contribution >= 4 is 23.3 Å². The number of aryl methyl sites for hydroxylation is 1. The van der Waals surface area contributed by atoms with Crippen molar-refractivity contribution in [2.45, 2.75) is 35.9 Å². The minimum absolute atomic E-state index is 0.0300. The Kier molecular flexibility index (Phi) is 5.39. The van der Waals surface area contributed by atoms with Crippen LogP contribution in [0, 0.1) is 0 Å². The van der Waals surface area contributed by atoms with Crippen LogP contribution in [0.5, 0.6) is 5.75 Å². The normalized spacial score (nSPS) is 14.0.